The van der Waals surface area contributed by atoms with Gasteiger partial charge in [-0.1, -0.05) is 24.3 Å². The van der Waals surface area contributed by atoms with E-state index in [-0.39, 0.29) is 4.59 Å². The van der Waals surface area contributed by atoms with Crippen LogP contribution in [0.15, 0.2) is 94.4 Å². The van der Waals surface area contributed by atoms with Gasteiger partial charge in [-0.25, -0.2) is 4.98 Å². The number of para-hydroxylation sites is 1. The van der Waals surface area contributed by atoms with Crippen LogP contribution < -0.4 is 10.6 Å². The van der Waals surface area contributed by atoms with E-state index in [0.29, 0.717) is 11.8 Å². The molecule has 2 fully saturated rings. The molecule has 1 aliphatic carbocycles. The maximum absolute atomic E-state index is 6.99. The molecule has 36 heavy (non-hydrogen) atoms. The van der Waals surface area contributed by atoms with Crippen LogP contribution in [0, 0.1) is 11.8 Å². The summed E-state index contributed by atoms with van der Waals surface area (Å²) in [5.74, 6) is 10.3. The molecule has 7 rings (SSSR count). The van der Waals surface area contributed by atoms with E-state index in [1.807, 2.05) is 54.9 Å². The molecule has 7 heteroatoms. The number of quaternary nitrogens is 1. The van der Waals surface area contributed by atoms with Gasteiger partial charge in [0.05, 0.1) is 23.5 Å². The number of benzene rings is 2. The summed E-state index contributed by atoms with van der Waals surface area (Å²) in [6.45, 7) is 3.73. The molecule has 0 bridgehead atoms. The van der Waals surface area contributed by atoms with Crippen molar-refractivity contribution < 1.29 is 9.33 Å². The van der Waals surface area contributed by atoms with Crippen molar-refractivity contribution in [3.63, 3.8) is 0 Å². The first kappa shape index (κ1) is 21.6. The van der Waals surface area contributed by atoms with Crippen LogP contribution >= 0.6 is 0 Å². The monoisotopic (exact) mass is 477 g/mol. The third-order valence-electron chi connectivity index (χ3n) is 7.80. The summed E-state index contributed by atoms with van der Waals surface area (Å²) in [6.07, 6.45) is 9.26. The summed E-state index contributed by atoms with van der Waals surface area (Å²) in [6, 6.07) is 19.9. The number of nitrogens with two attached hydrogens (primary N) is 1. The van der Waals surface area contributed by atoms with Gasteiger partial charge in [-0.15, -0.1) is 4.59 Å². The molecule has 4 aliphatic rings. The molecule has 0 radical (unpaired) electrons. The van der Waals surface area contributed by atoms with Gasteiger partial charge in [-0.05, 0) is 68.6 Å². The molecule has 0 spiro atoms. The zero-order valence-corrected chi connectivity index (χ0v) is 20.1. The summed E-state index contributed by atoms with van der Waals surface area (Å²) in [5.41, 5.74) is 3.88. The Bertz CT molecular complexity index is 1450. The predicted octanol–water partition coefficient (Wildman–Crippen LogP) is 4.98. The normalized spacial score (nSPS) is 27.0. The molecule has 0 amide bonds. The van der Waals surface area contributed by atoms with Gasteiger partial charge in [0.1, 0.15) is 17.6 Å². The number of fused-ring (bicyclic) bond motifs is 2. The van der Waals surface area contributed by atoms with Crippen LogP contribution in [0.1, 0.15) is 24.8 Å². The molecule has 7 nitrogen and oxygen atoms in total. The fourth-order valence-electron chi connectivity index (χ4n) is 5.65. The Hall–Kier alpha value is -3.65. The van der Waals surface area contributed by atoms with Gasteiger partial charge < -0.3 is 9.64 Å². The first-order chi connectivity index (χ1) is 17.7. The van der Waals surface area contributed by atoms with E-state index in [4.69, 9.17) is 20.6 Å². The highest BCUT2D eigenvalue weighted by molar-refractivity contribution is 6.02. The zero-order valence-electron chi connectivity index (χ0n) is 20.1. The number of aromatic nitrogens is 1. The highest BCUT2D eigenvalue weighted by Crippen LogP contribution is 2.45. The average molecular weight is 478 g/mol. The lowest BCUT2D eigenvalue weighted by Gasteiger charge is -2.41. The maximum atomic E-state index is 6.99. The summed E-state index contributed by atoms with van der Waals surface area (Å²) in [7, 11) is 0. The lowest BCUT2D eigenvalue weighted by Crippen LogP contribution is -2.53. The van der Waals surface area contributed by atoms with E-state index < -0.39 is 0 Å². The van der Waals surface area contributed by atoms with Crippen LogP contribution in [0.4, 0.5) is 0 Å². The van der Waals surface area contributed by atoms with Crippen molar-refractivity contribution in [3.8, 4) is 11.6 Å². The lowest BCUT2D eigenvalue weighted by atomic mass is 9.72. The molecule has 3 aliphatic heterocycles. The number of allylic oxidation sites excluding steroid dienone is 2. The van der Waals surface area contributed by atoms with Crippen LogP contribution in [0.2, 0.25) is 0 Å². The third kappa shape index (κ3) is 3.67. The van der Waals surface area contributed by atoms with Gasteiger partial charge in [0.2, 0.25) is 11.6 Å². The number of aliphatic imine (C=N–C) groups is 2. The van der Waals surface area contributed by atoms with Gasteiger partial charge >= 0.3 is 0 Å². The maximum Gasteiger partial charge on any atom is 0.264 e. The first-order valence-corrected chi connectivity index (χ1v) is 12.7. The van der Waals surface area contributed by atoms with Crippen molar-refractivity contribution in [2.45, 2.75) is 19.3 Å². The van der Waals surface area contributed by atoms with E-state index in [2.05, 4.69) is 28.1 Å². The molecule has 2 aromatic carbocycles. The van der Waals surface area contributed by atoms with Crippen LogP contribution in [-0.2, 0) is 0 Å². The first-order valence-electron chi connectivity index (χ1n) is 12.7. The number of nitrogens with zero attached hydrogens (tertiary/aromatic N) is 5. The highest BCUT2D eigenvalue weighted by Gasteiger charge is 2.48. The van der Waals surface area contributed by atoms with Crippen molar-refractivity contribution in [2.75, 3.05) is 19.6 Å². The molecule has 1 atom stereocenters. The third-order valence-corrected chi connectivity index (χ3v) is 7.80. The minimum atomic E-state index is 0.0534. The summed E-state index contributed by atoms with van der Waals surface area (Å²) in [4.78, 5) is 16.9. The van der Waals surface area contributed by atoms with Crippen LogP contribution in [-0.4, -0.2) is 46.2 Å². The second-order valence-corrected chi connectivity index (χ2v) is 10.2. The molecule has 3 aromatic rings. The van der Waals surface area contributed by atoms with E-state index in [0.717, 1.165) is 45.4 Å². The summed E-state index contributed by atoms with van der Waals surface area (Å²) in [5, 5.41) is 1.04. The standard InChI is InChI=1S/C29H29N6O/c30-35-14-11-31-18-26(35)28(23-15-20(16-23)19-34-12-4-13-34)33-29(35)22-8-7-21-9-10-27(32-25(21)17-22)36-24-5-2-1-3-6-24/h1-3,5-11,14,17-18,20,23H,4,12-13,15-16,19,30H2/q+1. The molecule has 4 heterocycles. The predicted molar refractivity (Wildman–Crippen MR) is 141 cm³/mol. The number of hydrogen-bond acceptors (Lipinski definition) is 6. The van der Waals surface area contributed by atoms with E-state index in [1.54, 1.807) is 6.20 Å². The SMILES string of the molecule is N[N+]12C=CN=CC1=C(C1CC(CN3CCC3)C1)N=C2c1ccc2ccc(Oc3ccccc3)nc2c1. The molecule has 2 N–H and O–H groups in total. The Morgan fingerprint density at radius 2 is 1.86 bits per heavy atom. The van der Waals surface area contributed by atoms with Crippen molar-refractivity contribution in [1.82, 2.24) is 9.88 Å². The number of likely N-dealkylation sites (tertiary alicyclic amines) is 1. The van der Waals surface area contributed by atoms with Gasteiger partial charge in [-0.2, -0.15) is 10.8 Å². The molecule has 180 valence electrons. The Kier molecular flexibility index (Phi) is 5.09. The zero-order chi connectivity index (χ0) is 24.1. The molecular weight excluding hydrogens is 448 g/mol. The van der Waals surface area contributed by atoms with E-state index in [9.17, 15) is 0 Å². The minimum absolute atomic E-state index is 0.0534. The molecular formula is C29H29N6O+. The van der Waals surface area contributed by atoms with Crippen LogP contribution in [0.3, 0.4) is 0 Å². The highest BCUT2D eigenvalue weighted by atomic mass is 16.5. The Morgan fingerprint density at radius 3 is 2.67 bits per heavy atom. The molecule has 1 saturated heterocycles. The Balaban J connectivity index is 1.19. The fraction of sp³-hybridized carbons (Fsp3) is 0.276. The minimum Gasteiger partial charge on any atom is -0.439 e. The Morgan fingerprint density at radius 1 is 1.03 bits per heavy atom. The Labute approximate surface area is 210 Å². The average Bonchev–Trinajstić information content (AvgIpc) is 3.15. The van der Waals surface area contributed by atoms with Crippen LogP contribution in [0.5, 0.6) is 11.6 Å². The number of amidine groups is 1. The van der Waals surface area contributed by atoms with E-state index in [1.165, 1.54) is 38.9 Å². The topological polar surface area (TPSA) is 76.1 Å². The van der Waals surface area contributed by atoms with Gasteiger partial charge in [0, 0.05) is 23.9 Å². The van der Waals surface area contributed by atoms with Crippen molar-refractivity contribution in [3.05, 3.63) is 90.0 Å². The number of rotatable bonds is 6. The number of pyridine rings is 1. The molecule has 1 unspecified atom stereocenters. The quantitative estimate of drug-likeness (QED) is 0.401. The summed E-state index contributed by atoms with van der Waals surface area (Å²) >= 11 is 0. The molecule has 1 saturated carbocycles. The smallest absolute Gasteiger partial charge is 0.264 e. The van der Waals surface area contributed by atoms with Gasteiger partial charge in [0.25, 0.3) is 5.84 Å². The fourth-order valence-corrected chi connectivity index (χ4v) is 5.65. The second-order valence-electron chi connectivity index (χ2n) is 10.2. The van der Waals surface area contributed by atoms with Crippen LogP contribution in [0.25, 0.3) is 10.9 Å². The summed E-state index contributed by atoms with van der Waals surface area (Å²) < 4.78 is 6.02. The second kappa shape index (κ2) is 8.48. The van der Waals surface area contributed by atoms with Crippen molar-refractivity contribution in [1.29, 1.82) is 0 Å². The van der Waals surface area contributed by atoms with E-state index >= 15 is 0 Å². The van der Waals surface area contributed by atoms with Crippen molar-refractivity contribution in [2.24, 2.45) is 27.7 Å². The van der Waals surface area contributed by atoms with Crippen molar-refractivity contribution >= 4 is 23.0 Å². The number of ether oxygens (including phenoxy) is 1. The number of hydrogen-bond donors (Lipinski definition) is 1. The van der Waals surface area contributed by atoms with Gasteiger partial charge in [0.15, 0.2) is 0 Å². The molecule has 1 aromatic heterocycles. The van der Waals surface area contributed by atoms with Gasteiger partial charge in [-0.3, -0.25) is 4.99 Å². The lowest BCUT2D eigenvalue weighted by molar-refractivity contribution is -0.750. The largest absolute Gasteiger partial charge is 0.439 e.